The van der Waals surface area contributed by atoms with Gasteiger partial charge in [-0.2, -0.15) is 0 Å². The van der Waals surface area contributed by atoms with Crippen LogP contribution in [0.2, 0.25) is 0 Å². The molecule has 6 heteroatoms. The highest BCUT2D eigenvalue weighted by molar-refractivity contribution is 7.09. The van der Waals surface area contributed by atoms with Gasteiger partial charge in [-0.15, -0.1) is 11.3 Å². The molecule has 3 rings (SSSR count). The average molecular weight is 337 g/mol. The Kier molecular flexibility index (Phi) is 5.91. The minimum Gasteiger partial charge on any atom is -0.379 e. The minimum absolute atomic E-state index is 0.490. The highest BCUT2D eigenvalue weighted by atomic mass is 32.1. The summed E-state index contributed by atoms with van der Waals surface area (Å²) >= 11 is 1.76. The van der Waals surface area contributed by atoms with Gasteiger partial charge in [-0.05, 0) is 30.7 Å². The molecule has 2 aliphatic rings. The van der Waals surface area contributed by atoms with E-state index < -0.39 is 0 Å². The van der Waals surface area contributed by atoms with E-state index in [-0.39, 0.29) is 0 Å². The van der Waals surface area contributed by atoms with Gasteiger partial charge in [0.05, 0.1) is 19.8 Å². The molecule has 1 aliphatic carbocycles. The van der Waals surface area contributed by atoms with Crippen LogP contribution >= 0.6 is 11.3 Å². The van der Waals surface area contributed by atoms with Crippen LogP contribution in [0.5, 0.6) is 0 Å². The maximum Gasteiger partial charge on any atom is 0.191 e. The summed E-state index contributed by atoms with van der Waals surface area (Å²) in [5.74, 6) is 1.72. The number of aliphatic imine (C=N–C) groups is 1. The lowest BCUT2D eigenvalue weighted by Gasteiger charge is -2.32. The molecular formula is C17H28N4OS. The maximum absolute atomic E-state index is 5.43. The van der Waals surface area contributed by atoms with E-state index in [0.717, 1.165) is 51.3 Å². The fraction of sp³-hybridized carbons (Fsp3) is 0.706. The Hall–Kier alpha value is -1.11. The third-order valence-corrected chi connectivity index (χ3v) is 5.50. The van der Waals surface area contributed by atoms with Gasteiger partial charge < -0.3 is 15.4 Å². The van der Waals surface area contributed by atoms with Crippen molar-refractivity contribution in [3.8, 4) is 0 Å². The van der Waals surface area contributed by atoms with Gasteiger partial charge in [-0.3, -0.25) is 4.90 Å². The summed E-state index contributed by atoms with van der Waals surface area (Å²) in [6.45, 7) is 9.97. The molecule has 2 fully saturated rings. The number of hydrogen-bond donors (Lipinski definition) is 2. The standard InChI is InChI=1S/C17H28N4OS/c1-13-10-16(13)20-17(19-12-15-4-3-9-23-15)18-11-14(2)21-5-7-22-8-6-21/h3-4,9,13-14,16H,5-8,10-12H2,1-2H3,(H2,18,19,20). The van der Waals surface area contributed by atoms with Crippen molar-refractivity contribution in [1.29, 1.82) is 0 Å². The highest BCUT2D eigenvalue weighted by Crippen LogP contribution is 2.28. The molecule has 1 aromatic heterocycles. The van der Waals surface area contributed by atoms with Gasteiger partial charge in [-0.1, -0.05) is 13.0 Å². The zero-order valence-corrected chi connectivity index (χ0v) is 14.9. The van der Waals surface area contributed by atoms with E-state index in [1.54, 1.807) is 11.3 Å². The summed E-state index contributed by atoms with van der Waals surface area (Å²) in [5.41, 5.74) is 0. The first-order chi connectivity index (χ1) is 11.2. The first kappa shape index (κ1) is 16.7. The molecule has 23 heavy (non-hydrogen) atoms. The molecule has 1 aromatic rings. The van der Waals surface area contributed by atoms with Crippen LogP contribution in [0.1, 0.15) is 25.1 Å². The fourth-order valence-electron chi connectivity index (χ4n) is 2.80. The van der Waals surface area contributed by atoms with Gasteiger partial charge >= 0.3 is 0 Å². The lowest BCUT2D eigenvalue weighted by atomic mass is 10.2. The monoisotopic (exact) mass is 336 g/mol. The molecule has 2 N–H and O–H groups in total. The topological polar surface area (TPSA) is 48.9 Å². The Bertz CT molecular complexity index is 499. The molecule has 0 amide bonds. The molecular weight excluding hydrogens is 308 g/mol. The second kappa shape index (κ2) is 8.13. The molecule has 2 heterocycles. The van der Waals surface area contributed by atoms with E-state index in [1.807, 2.05) is 0 Å². The number of nitrogens with one attached hydrogen (secondary N) is 2. The Labute approximate surface area is 143 Å². The Balaban J connectivity index is 1.51. The van der Waals surface area contributed by atoms with Crippen LogP contribution in [-0.4, -0.2) is 55.8 Å². The third kappa shape index (κ3) is 5.19. The predicted octanol–water partition coefficient (Wildman–Crippen LogP) is 1.91. The molecule has 1 saturated carbocycles. The number of morpholine rings is 1. The first-order valence-corrected chi connectivity index (χ1v) is 9.49. The Morgan fingerprint density at radius 2 is 2.26 bits per heavy atom. The Morgan fingerprint density at radius 1 is 1.48 bits per heavy atom. The van der Waals surface area contributed by atoms with Crippen LogP contribution < -0.4 is 10.6 Å². The quantitative estimate of drug-likeness (QED) is 0.615. The number of hydrogen-bond acceptors (Lipinski definition) is 4. The fourth-order valence-corrected chi connectivity index (χ4v) is 3.43. The number of thiophene rings is 1. The number of guanidine groups is 1. The van der Waals surface area contributed by atoms with Crippen molar-refractivity contribution in [1.82, 2.24) is 15.5 Å². The van der Waals surface area contributed by atoms with Gasteiger partial charge in [0.25, 0.3) is 0 Å². The smallest absolute Gasteiger partial charge is 0.191 e. The molecule has 0 radical (unpaired) electrons. The van der Waals surface area contributed by atoms with Crippen LogP contribution in [0, 0.1) is 5.92 Å². The summed E-state index contributed by atoms with van der Waals surface area (Å²) in [6.07, 6.45) is 1.25. The van der Waals surface area contributed by atoms with Crippen LogP contribution in [0.25, 0.3) is 0 Å². The van der Waals surface area contributed by atoms with Crippen LogP contribution in [0.4, 0.5) is 0 Å². The second-order valence-corrected chi connectivity index (χ2v) is 7.62. The zero-order valence-electron chi connectivity index (χ0n) is 14.1. The van der Waals surface area contributed by atoms with E-state index in [4.69, 9.17) is 9.73 Å². The molecule has 128 valence electrons. The van der Waals surface area contributed by atoms with Crippen molar-refractivity contribution in [3.05, 3.63) is 22.4 Å². The molecule has 0 bridgehead atoms. The van der Waals surface area contributed by atoms with E-state index >= 15 is 0 Å². The van der Waals surface area contributed by atoms with Crippen LogP contribution in [0.3, 0.4) is 0 Å². The maximum atomic E-state index is 5.43. The van der Waals surface area contributed by atoms with Crippen molar-refractivity contribution in [2.45, 2.75) is 38.9 Å². The average Bonchev–Trinajstić information content (AvgIpc) is 3.03. The third-order valence-electron chi connectivity index (χ3n) is 4.64. The summed E-state index contributed by atoms with van der Waals surface area (Å²) in [5, 5.41) is 9.20. The van der Waals surface area contributed by atoms with Crippen molar-refractivity contribution in [2.75, 3.05) is 32.8 Å². The number of rotatable bonds is 6. The predicted molar refractivity (Wildman–Crippen MR) is 96.0 cm³/mol. The van der Waals surface area contributed by atoms with E-state index in [0.29, 0.717) is 12.1 Å². The molecule has 3 atom stereocenters. The van der Waals surface area contributed by atoms with Crippen molar-refractivity contribution in [3.63, 3.8) is 0 Å². The lowest BCUT2D eigenvalue weighted by Crippen LogP contribution is -2.49. The molecule has 5 nitrogen and oxygen atoms in total. The van der Waals surface area contributed by atoms with E-state index in [2.05, 4.69) is 46.9 Å². The zero-order chi connectivity index (χ0) is 16.1. The first-order valence-electron chi connectivity index (χ1n) is 8.61. The Morgan fingerprint density at radius 3 is 2.91 bits per heavy atom. The molecule has 1 aliphatic heterocycles. The summed E-state index contributed by atoms with van der Waals surface area (Å²) in [7, 11) is 0. The molecule has 0 spiro atoms. The largest absolute Gasteiger partial charge is 0.379 e. The van der Waals surface area contributed by atoms with Crippen molar-refractivity contribution >= 4 is 17.3 Å². The summed E-state index contributed by atoms with van der Waals surface area (Å²) in [4.78, 5) is 8.54. The molecule has 3 unspecified atom stereocenters. The van der Waals surface area contributed by atoms with E-state index in [9.17, 15) is 0 Å². The van der Waals surface area contributed by atoms with E-state index in [1.165, 1.54) is 11.3 Å². The van der Waals surface area contributed by atoms with Crippen LogP contribution in [0.15, 0.2) is 22.5 Å². The van der Waals surface area contributed by atoms with Crippen LogP contribution in [-0.2, 0) is 11.3 Å². The SMILES string of the molecule is CC1CC1NC(=NCc1cccs1)NCC(C)N1CCOCC1. The van der Waals surface area contributed by atoms with Gasteiger partial charge in [0.2, 0.25) is 0 Å². The van der Waals surface area contributed by atoms with Gasteiger partial charge in [0.1, 0.15) is 0 Å². The van der Waals surface area contributed by atoms with Gasteiger partial charge in [0, 0.05) is 36.6 Å². The number of ether oxygens (including phenoxy) is 1. The normalized spacial score (nSPS) is 26.8. The lowest BCUT2D eigenvalue weighted by molar-refractivity contribution is 0.0211. The summed E-state index contributed by atoms with van der Waals surface area (Å²) in [6, 6.07) is 5.30. The van der Waals surface area contributed by atoms with Gasteiger partial charge in [-0.25, -0.2) is 4.99 Å². The molecule has 0 aromatic carbocycles. The number of nitrogens with zero attached hydrogens (tertiary/aromatic N) is 2. The summed E-state index contributed by atoms with van der Waals surface area (Å²) < 4.78 is 5.43. The molecule has 1 saturated heterocycles. The van der Waals surface area contributed by atoms with Gasteiger partial charge in [0.15, 0.2) is 5.96 Å². The van der Waals surface area contributed by atoms with Crippen molar-refractivity contribution < 1.29 is 4.74 Å². The second-order valence-electron chi connectivity index (χ2n) is 6.59. The highest BCUT2D eigenvalue weighted by Gasteiger charge is 2.33. The van der Waals surface area contributed by atoms with Crippen molar-refractivity contribution in [2.24, 2.45) is 10.9 Å². The minimum atomic E-state index is 0.490.